The van der Waals surface area contributed by atoms with E-state index in [4.69, 9.17) is 15.9 Å². The fraction of sp³-hybridized carbons (Fsp3) is 0.381. The number of likely N-dealkylation sites (tertiary alicyclic amines) is 1. The molecule has 0 bridgehead atoms. The Morgan fingerprint density at radius 3 is 2.70 bits per heavy atom. The summed E-state index contributed by atoms with van der Waals surface area (Å²) in [6.45, 7) is 1.10. The highest BCUT2D eigenvalue weighted by atomic mass is 79.9. The molecule has 2 aliphatic rings. The molecular weight excluding hydrogens is 472 g/mol. The molecule has 7 nitrogen and oxygen atoms in total. The van der Waals surface area contributed by atoms with Crippen LogP contribution >= 0.6 is 27.7 Å². The molecule has 9 heteroatoms. The molecule has 0 radical (unpaired) electrons. The van der Waals surface area contributed by atoms with E-state index in [0.29, 0.717) is 34.6 Å². The van der Waals surface area contributed by atoms with Crippen LogP contribution in [0.4, 0.5) is 4.79 Å². The summed E-state index contributed by atoms with van der Waals surface area (Å²) in [4.78, 5) is 40.7. The summed E-state index contributed by atoms with van der Waals surface area (Å²) in [7, 11) is 1.49. The third kappa shape index (κ3) is 4.99. The molecule has 0 unspecified atom stereocenters. The van der Waals surface area contributed by atoms with E-state index in [1.165, 1.54) is 7.11 Å². The number of hydrogen-bond acceptors (Lipinski definition) is 6. The van der Waals surface area contributed by atoms with Crippen LogP contribution in [-0.2, 0) is 9.59 Å². The lowest BCUT2D eigenvalue weighted by Crippen LogP contribution is -2.44. The molecule has 0 N–H and O–H groups in total. The first-order chi connectivity index (χ1) is 14.4. The third-order valence-corrected chi connectivity index (χ3v) is 6.10. The average molecular weight is 493 g/mol. The molecule has 2 aliphatic heterocycles. The number of methoxy groups -OCH3 is 1. The molecule has 0 spiro atoms. The Morgan fingerprint density at radius 2 is 2.03 bits per heavy atom. The van der Waals surface area contributed by atoms with Crippen molar-refractivity contribution in [2.24, 2.45) is 0 Å². The van der Waals surface area contributed by atoms with Crippen LogP contribution in [-0.4, -0.2) is 60.2 Å². The van der Waals surface area contributed by atoms with Gasteiger partial charge >= 0.3 is 0 Å². The minimum atomic E-state index is -0.503. The predicted octanol–water partition coefficient (Wildman–Crippen LogP) is 3.52. The number of thioether (sulfide) groups is 1. The van der Waals surface area contributed by atoms with E-state index in [-0.39, 0.29) is 24.0 Å². The molecule has 0 aromatic heterocycles. The number of terminal acetylenes is 1. The van der Waals surface area contributed by atoms with Gasteiger partial charge in [0.1, 0.15) is 13.2 Å². The van der Waals surface area contributed by atoms with E-state index in [1.807, 2.05) is 0 Å². The molecule has 3 rings (SSSR count). The lowest BCUT2D eigenvalue weighted by atomic mass is 10.1. The lowest BCUT2D eigenvalue weighted by Gasteiger charge is -2.27. The minimum absolute atomic E-state index is 0.0185. The van der Waals surface area contributed by atoms with Gasteiger partial charge in [0.15, 0.2) is 11.5 Å². The van der Waals surface area contributed by atoms with Crippen molar-refractivity contribution in [2.75, 3.05) is 33.4 Å². The molecule has 158 valence electrons. The van der Waals surface area contributed by atoms with Gasteiger partial charge in [-0.15, -0.1) is 6.42 Å². The summed E-state index contributed by atoms with van der Waals surface area (Å²) in [5.74, 6) is 2.49. The zero-order valence-corrected chi connectivity index (χ0v) is 18.9. The Bertz CT molecular complexity index is 934. The fourth-order valence-electron chi connectivity index (χ4n) is 3.27. The first kappa shape index (κ1) is 22.2. The van der Waals surface area contributed by atoms with Gasteiger partial charge in [-0.05, 0) is 49.2 Å². The molecule has 0 atom stereocenters. The Balaban J connectivity index is 1.84. The average Bonchev–Trinajstić information content (AvgIpc) is 3.00. The molecule has 0 saturated carbocycles. The number of rotatable bonds is 6. The summed E-state index contributed by atoms with van der Waals surface area (Å²) < 4.78 is 11.7. The maximum atomic E-state index is 12.8. The normalized spacial score (nSPS) is 18.0. The summed E-state index contributed by atoms with van der Waals surface area (Å²) >= 11 is 4.19. The van der Waals surface area contributed by atoms with E-state index in [2.05, 4.69) is 21.9 Å². The van der Waals surface area contributed by atoms with Gasteiger partial charge in [-0.1, -0.05) is 21.9 Å². The Labute approximate surface area is 187 Å². The van der Waals surface area contributed by atoms with Crippen LogP contribution in [0.1, 0.15) is 24.8 Å². The second-order valence-corrected chi connectivity index (χ2v) is 8.64. The van der Waals surface area contributed by atoms with Crippen molar-refractivity contribution in [1.29, 1.82) is 0 Å². The van der Waals surface area contributed by atoms with Gasteiger partial charge in [0.2, 0.25) is 5.91 Å². The molecule has 0 aliphatic carbocycles. The van der Waals surface area contributed by atoms with Crippen LogP contribution in [0.2, 0.25) is 0 Å². The first-order valence-electron chi connectivity index (χ1n) is 9.41. The van der Waals surface area contributed by atoms with Crippen LogP contribution < -0.4 is 9.47 Å². The number of benzene rings is 1. The van der Waals surface area contributed by atoms with Gasteiger partial charge in [0.25, 0.3) is 11.1 Å². The highest BCUT2D eigenvalue weighted by molar-refractivity contribution is 9.10. The van der Waals surface area contributed by atoms with Crippen molar-refractivity contribution < 1.29 is 23.9 Å². The SMILES string of the molecule is C#CCOc1c(/C=C2/SC(=O)N(CC(=O)N3CCCCC3)C2=O)cc(Br)cc1OC. The number of piperidine rings is 1. The zero-order valence-electron chi connectivity index (χ0n) is 16.5. The molecular formula is C21H21BrN2O5S. The van der Waals surface area contributed by atoms with Crippen LogP contribution in [0, 0.1) is 12.3 Å². The van der Waals surface area contributed by atoms with Gasteiger partial charge < -0.3 is 14.4 Å². The van der Waals surface area contributed by atoms with Crippen LogP contribution in [0.5, 0.6) is 11.5 Å². The largest absolute Gasteiger partial charge is 0.493 e. The van der Waals surface area contributed by atoms with E-state index in [1.54, 1.807) is 23.1 Å². The van der Waals surface area contributed by atoms with Gasteiger partial charge in [-0.2, -0.15) is 0 Å². The maximum Gasteiger partial charge on any atom is 0.294 e. The first-order valence-corrected chi connectivity index (χ1v) is 11.0. The number of hydrogen-bond donors (Lipinski definition) is 0. The third-order valence-electron chi connectivity index (χ3n) is 4.73. The maximum absolute atomic E-state index is 12.8. The number of nitrogens with zero attached hydrogens (tertiary/aromatic N) is 2. The molecule has 2 saturated heterocycles. The molecule has 1 aromatic carbocycles. The van der Waals surface area contributed by atoms with E-state index >= 15 is 0 Å². The quantitative estimate of drug-likeness (QED) is 0.446. The standard InChI is InChI=1S/C21H21BrN2O5S/c1-3-9-29-19-14(10-15(22)12-16(19)28-2)11-17-20(26)24(21(27)30-17)13-18(25)23-7-5-4-6-8-23/h1,10-12H,4-9,13H2,2H3/b17-11+. The molecule has 3 amide bonds. The Hall–Kier alpha value is -2.44. The Morgan fingerprint density at radius 1 is 1.30 bits per heavy atom. The van der Waals surface area contributed by atoms with Crippen molar-refractivity contribution in [1.82, 2.24) is 9.80 Å². The van der Waals surface area contributed by atoms with E-state index in [0.717, 1.165) is 35.9 Å². The van der Waals surface area contributed by atoms with Crippen LogP contribution in [0.3, 0.4) is 0 Å². The molecule has 1 aromatic rings. The molecule has 2 fully saturated rings. The van der Waals surface area contributed by atoms with Crippen molar-refractivity contribution >= 4 is 50.8 Å². The number of carbonyl (C=O) groups excluding carboxylic acids is 3. The molecule has 2 heterocycles. The van der Waals surface area contributed by atoms with Crippen molar-refractivity contribution in [2.45, 2.75) is 19.3 Å². The number of halogens is 1. The van der Waals surface area contributed by atoms with Gasteiger partial charge in [0.05, 0.1) is 12.0 Å². The fourth-order valence-corrected chi connectivity index (χ4v) is 4.56. The van der Waals surface area contributed by atoms with E-state index < -0.39 is 11.1 Å². The van der Waals surface area contributed by atoms with Crippen molar-refractivity contribution in [3.63, 3.8) is 0 Å². The highest BCUT2D eigenvalue weighted by Crippen LogP contribution is 2.39. The Kier molecular flexibility index (Phi) is 7.45. The van der Waals surface area contributed by atoms with Crippen molar-refractivity contribution in [3.05, 3.63) is 27.1 Å². The summed E-state index contributed by atoms with van der Waals surface area (Å²) in [5, 5.41) is -0.468. The van der Waals surface area contributed by atoms with Crippen molar-refractivity contribution in [3.8, 4) is 23.8 Å². The summed E-state index contributed by atoms with van der Waals surface area (Å²) in [5.41, 5.74) is 0.532. The monoisotopic (exact) mass is 492 g/mol. The van der Waals surface area contributed by atoms with E-state index in [9.17, 15) is 14.4 Å². The minimum Gasteiger partial charge on any atom is -0.493 e. The lowest BCUT2D eigenvalue weighted by molar-refractivity contribution is -0.136. The predicted molar refractivity (Wildman–Crippen MR) is 118 cm³/mol. The topological polar surface area (TPSA) is 76.2 Å². The second-order valence-electron chi connectivity index (χ2n) is 6.73. The number of carbonyl (C=O) groups is 3. The number of imide groups is 1. The highest BCUT2D eigenvalue weighted by Gasteiger charge is 2.37. The number of amides is 3. The van der Waals surface area contributed by atoms with Gasteiger partial charge in [0, 0.05) is 23.1 Å². The number of ether oxygens (including phenoxy) is 2. The van der Waals surface area contributed by atoms with Gasteiger partial charge in [-0.25, -0.2) is 0 Å². The molecule has 30 heavy (non-hydrogen) atoms. The summed E-state index contributed by atoms with van der Waals surface area (Å²) in [6, 6.07) is 3.45. The smallest absolute Gasteiger partial charge is 0.294 e. The van der Waals surface area contributed by atoms with Crippen LogP contribution in [0.25, 0.3) is 6.08 Å². The summed E-state index contributed by atoms with van der Waals surface area (Å²) in [6.07, 6.45) is 9.82. The second kappa shape index (κ2) is 10.0. The van der Waals surface area contributed by atoms with Gasteiger partial charge in [-0.3, -0.25) is 19.3 Å². The zero-order chi connectivity index (χ0) is 21.7. The van der Waals surface area contributed by atoms with Crippen LogP contribution in [0.15, 0.2) is 21.5 Å².